The first-order valence-corrected chi connectivity index (χ1v) is 13.3. The van der Waals surface area contributed by atoms with E-state index in [4.69, 9.17) is 0 Å². The van der Waals surface area contributed by atoms with Crippen molar-refractivity contribution in [3.8, 4) is 22.3 Å². The van der Waals surface area contributed by atoms with Crippen LogP contribution in [0.3, 0.4) is 0 Å². The Kier molecular flexibility index (Phi) is 4.68. The van der Waals surface area contributed by atoms with Crippen LogP contribution in [0.15, 0.2) is 91.0 Å². The number of benzene rings is 5. The minimum Gasteiger partial charge on any atom is -0.0622 e. The van der Waals surface area contributed by atoms with Crippen molar-refractivity contribution in [2.45, 2.75) is 57.3 Å². The lowest BCUT2D eigenvalue weighted by atomic mass is 9.78. The summed E-state index contributed by atoms with van der Waals surface area (Å²) in [6.45, 7) is 4.80. The zero-order valence-electron chi connectivity index (χ0n) is 20.8. The maximum Gasteiger partial charge on any atom is 0.0165 e. The van der Waals surface area contributed by atoms with Crippen molar-refractivity contribution in [3.05, 3.63) is 108 Å². The number of fused-ring (bicyclic) bond motifs is 7. The lowest BCUT2D eigenvalue weighted by Gasteiger charge is -2.25. The molecule has 0 radical (unpaired) electrons. The monoisotopic (exact) mass is 452 g/mol. The molecule has 35 heavy (non-hydrogen) atoms. The van der Waals surface area contributed by atoms with Gasteiger partial charge in [0.05, 0.1) is 0 Å². The summed E-state index contributed by atoms with van der Waals surface area (Å²) >= 11 is 0. The third kappa shape index (κ3) is 3.12. The zero-order chi connectivity index (χ0) is 23.6. The Labute approximate surface area is 208 Å². The summed E-state index contributed by atoms with van der Waals surface area (Å²) in [5, 5.41) is 5.57. The normalized spacial score (nSPS) is 17.0. The van der Waals surface area contributed by atoms with Crippen molar-refractivity contribution in [3.63, 3.8) is 0 Å². The molecule has 5 aromatic carbocycles. The van der Waals surface area contributed by atoms with E-state index in [9.17, 15) is 0 Å². The molecule has 0 bridgehead atoms. The largest absolute Gasteiger partial charge is 0.0622 e. The molecule has 0 unspecified atom stereocenters. The highest BCUT2D eigenvalue weighted by Crippen LogP contribution is 2.52. The van der Waals surface area contributed by atoms with Crippen LogP contribution in [0.2, 0.25) is 0 Å². The van der Waals surface area contributed by atoms with Crippen LogP contribution < -0.4 is 0 Å². The molecule has 7 rings (SSSR count). The summed E-state index contributed by atoms with van der Waals surface area (Å²) in [6, 6.07) is 34.6. The molecule has 0 aromatic heterocycles. The molecule has 0 amide bonds. The van der Waals surface area contributed by atoms with Crippen LogP contribution in [0.25, 0.3) is 43.8 Å². The highest BCUT2D eigenvalue weighted by Gasteiger charge is 2.36. The van der Waals surface area contributed by atoms with E-state index in [-0.39, 0.29) is 5.41 Å². The van der Waals surface area contributed by atoms with Gasteiger partial charge in [0.15, 0.2) is 0 Å². The molecule has 2 aliphatic rings. The van der Waals surface area contributed by atoms with E-state index in [1.807, 2.05) is 0 Å². The van der Waals surface area contributed by atoms with Gasteiger partial charge in [-0.05, 0) is 85.3 Å². The third-order valence-corrected chi connectivity index (χ3v) is 8.84. The van der Waals surface area contributed by atoms with E-state index in [1.165, 1.54) is 92.6 Å². The fraction of sp³-hybridized carbons (Fsp3) is 0.257. The summed E-state index contributed by atoms with van der Waals surface area (Å²) in [5.74, 6) is 0.709. The average molecular weight is 453 g/mol. The molecule has 0 spiro atoms. The summed E-state index contributed by atoms with van der Waals surface area (Å²) in [4.78, 5) is 0. The molecule has 1 saturated carbocycles. The Morgan fingerprint density at radius 1 is 0.571 bits per heavy atom. The van der Waals surface area contributed by atoms with Crippen molar-refractivity contribution in [2.24, 2.45) is 0 Å². The summed E-state index contributed by atoms with van der Waals surface area (Å²) < 4.78 is 0. The maximum absolute atomic E-state index is 2.53. The first-order chi connectivity index (χ1) is 17.1. The van der Waals surface area contributed by atoms with Gasteiger partial charge in [0.2, 0.25) is 0 Å². The second kappa shape index (κ2) is 7.82. The molecule has 0 heterocycles. The molecule has 2 aliphatic carbocycles. The number of hydrogen-bond acceptors (Lipinski definition) is 0. The minimum absolute atomic E-state index is 0.0187. The molecule has 0 saturated heterocycles. The molecule has 5 aromatic rings. The van der Waals surface area contributed by atoms with Crippen LogP contribution in [-0.2, 0) is 5.41 Å². The Balaban J connectivity index is 1.56. The van der Waals surface area contributed by atoms with Gasteiger partial charge in [-0.3, -0.25) is 0 Å². The summed E-state index contributed by atoms with van der Waals surface area (Å²) in [5.41, 5.74) is 9.90. The number of hydrogen-bond donors (Lipinski definition) is 0. The molecule has 0 N–H and O–H groups in total. The van der Waals surface area contributed by atoms with Gasteiger partial charge in [0, 0.05) is 5.41 Å². The molecule has 0 atom stereocenters. The highest BCUT2D eigenvalue weighted by molar-refractivity contribution is 6.16. The van der Waals surface area contributed by atoms with Gasteiger partial charge in [0.25, 0.3) is 0 Å². The van der Waals surface area contributed by atoms with Crippen molar-refractivity contribution >= 4 is 21.5 Å². The van der Waals surface area contributed by atoms with E-state index >= 15 is 0 Å². The lowest BCUT2D eigenvalue weighted by Crippen LogP contribution is -2.15. The Morgan fingerprint density at radius 2 is 1.29 bits per heavy atom. The lowest BCUT2D eigenvalue weighted by molar-refractivity contribution is 0.444. The quantitative estimate of drug-likeness (QED) is 0.234. The smallest absolute Gasteiger partial charge is 0.0165 e. The van der Waals surface area contributed by atoms with Gasteiger partial charge in [0.1, 0.15) is 0 Å². The van der Waals surface area contributed by atoms with Crippen molar-refractivity contribution in [1.82, 2.24) is 0 Å². The Morgan fingerprint density at radius 3 is 2.11 bits per heavy atom. The van der Waals surface area contributed by atoms with E-state index < -0.39 is 0 Å². The SMILES string of the molecule is CC1(C)c2ccccc2-c2ccc3c(cc(-c4ccccc4)c4cc(C5CCCCC5)ccc43)c21. The predicted molar refractivity (Wildman–Crippen MR) is 150 cm³/mol. The van der Waals surface area contributed by atoms with Crippen molar-refractivity contribution in [1.29, 1.82) is 0 Å². The first kappa shape index (κ1) is 20.9. The predicted octanol–water partition coefficient (Wildman–Crippen LogP) is 10.0. The third-order valence-electron chi connectivity index (χ3n) is 8.84. The van der Waals surface area contributed by atoms with E-state index in [0.717, 1.165) is 0 Å². The summed E-state index contributed by atoms with van der Waals surface area (Å²) in [6.07, 6.45) is 6.80. The molecule has 0 heteroatoms. The minimum atomic E-state index is -0.0187. The van der Waals surface area contributed by atoms with Gasteiger partial charge in [-0.2, -0.15) is 0 Å². The Hall–Kier alpha value is -3.38. The van der Waals surface area contributed by atoms with E-state index in [0.29, 0.717) is 5.92 Å². The molecule has 0 aliphatic heterocycles. The van der Waals surface area contributed by atoms with Crippen LogP contribution in [0, 0.1) is 0 Å². The molecule has 1 fully saturated rings. The van der Waals surface area contributed by atoms with Crippen molar-refractivity contribution < 1.29 is 0 Å². The van der Waals surface area contributed by atoms with Crippen LogP contribution in [0.5, 0.6) is 0 Å². The summed E-state index contributed by atoms with van der Waals surface area (Å²) in [7, 11) is 0. The van der Waals surface area contributed by atoms with Crippen molar-refractivity contribution in [2.75, 3.05) is 0 Å². The molecule has 172 valence electrons. The van der Waals surface area contributed by atoms with Gasteiger partial charge in [-0.15, -0.1) is 0 Å². The van der Waals surface area contributed by atoms with Gasteiger partial charge in [-0.1, -0.05) is 118 Å². The maximum atomic E-state index is 2.53. The number of rotatable bonds is 2. The van der Waals surface area contributed by atoms with Gasteiger partial charge >= 0.3 is 0 Å². The van der Waals surface area contributed by atoms with Gasteiger partial charge in [-0.25, -0.2) is 0 Å². The molecular formula is C35H32. The highest BCUT2D eigenvalue weighted by atomic mass is 14.4. The van der Waals surface area contributed by atoms with Gasteiger partial charge < -0.3 is 0 Å². The van der Waals surface area contributed by atoms with Crippen LogP contribution in [0.4, 0.5) is 0 Å². The standard InChI is InChI=1S/C35H32/c1-35(2)33-16-10-9-15-28(33)29-20-19-27-26-18-17-25(23-11-5-3-6-12-23)21-31(26)30(22-32(27)34(29)35)24-13-7-4-8-14-24/h4,7-10,13-23H,3,5-6,11-12H2,1-2H3. The van der Waals surface area contributed by atoms with Crippen LogP contribution in [0.1, 0.15) is 68.6 Å². The fourth-order valence-corrected chi connectivity index (χ4v) is 7.09. The molecule has 0 nitrogen and oxygen atoms in total. The van der Waals surface area contributed by atoms with Crippen LogP contribution >= 0.6 is 0 Å². The average Bonchev–Trinajstić information content (AvgIpc) is 3.16. The topological polar surface area (TPSA) is 0 Å². The van der Waals surface area contributed by atoms with E-state index in [2.05, 4.69) is 105 Å². The zero-order valence-corrected chi connectivity index (χ0v) is 20.8. The van der Waals surface area contributed by atoms with E-state index in [1.54, 1.807) is 0 Å². The second-order valence-electron chi connectivity index (χ2n) is 11.2. The van der Waals surface area contributed by atoms with Crippen LogP contribution in [-0.4, -0.2) is 0 Å². The second-order valence-corrected chi connectivity index (χ2v) is 11.2. The first-order valence-electron chi connectivity index (χ1n) is 13.3. The molecular weight excluding hydrogens is 420 g/mol. The fourth-order valence-electron chi connectivity index (χ4n) is 7.09. The Bertz CT molecular complexity index is 1580.